The molecule has 0 saturated carbocycles. The van der Waals surface area contributed by atoms with Crippen molar-refractivity contribution in [2.24, 2.45) is 0 Å². The lowest BCUT2D eigenvalue weighted by Crippen LogP contribution is -2.42. The van der Waals surface area contributed by atoms with Crippen LogP contribution in [0.25, 0.3) is 0 Å². The molecular weight excluding hydrogens is 378 g/mol. The number of anilines is 1. The summed E-state index contributed by atoms with van der Waals surface area (Å²) in [4.78, 5) is 27.5. The molecule has 0 unspecified atom stereocenters. The van der Waals surface area contributed by atoms with E-state index < -0.39 is 18.2 Å². The Hall–Kier alpha value is -3.44. The van der Waals surface area contributed by atoms with Crippen LogP contribution in [-0.2, 0) is 26.3 Å². The number of ether oxygens (including phenoxy) is 1. The molecule has 1 aliphatic rings. The largest absolute Gasteiger partial charge is 0.453 e. The Morgan fingerprint density at radius 2 is 1.43 bits per heavy atom. The molecule has 5 nitrogen and oxygen atoms in total. The van der Waals surface area contributed by atoms with Gasteiger partial charge in [-0.2, -0.15) is 0 Å². The Bertz CT molecular complexity index is 994. The fourth-order valence-corrected chi connectivity index (χ4v) is 3.86. The smallest absolute Gasteiger partial charge is 0.348 e. The maximum Gasteiger partial charge on any atom is 0.348 e. The highest BCUT2D eigenvalue weighted by atomic mass is 16.6. The molecule has 0 spiro atoms. The average molecular weight is 401 g/mol. The molecule has 1 aliphatic heterocycles. The Morgan fingerprint density at radius 3 is 2.07 bits per heavy atom. The van der Waals surface area contributed by atoms with Crippen LogP contribution in [0.1, 0.15) is 23.1 Å². The molecule has 0 bridgehead atoms. The van der Waals surface area contributed by atoms with Gasteiger partial charge in [0.1, 0.15) is 0 Å². The van der Waals surface area contributed by atoms with Crippen molar-refractivity contribution >= 4 is 17.6 Å². The second kappa shape index (κ2) is 8.51. The molecular formula is C25H23NO4. The molecule has 152 valence electrons. The molecule has 5 heteroatoms. The van der Waals surface area contributed by atoms with E-state index in [1.54, 1.807) is 65.6 Å². The van der Waals surface area contributed by atoms with Crippen LogP contribution < -0.4 is 4.90 Å². The summed E-state index contributed by atoms with van der Waals surface area (Å²) in [6.07, 6.45) is 1.77. The minimum atomic E-state index is -2.00. The first kappa shape index (κ1) is 19.9. The molecule has 30 heavy (non-hydrogen) atoms. The van der Waals surface area contributed by atoms with Crippen LogP contribution in [0.3, 0.4) is 0 Å². The van der Waals surface area contributed by atoms with Gasteiger partial charge in [0.05, 0.1) is 0 Å². The summed E-state index contributed by atoms with van der Waals surface area (Å²) in [7, 11) is 0. The Balaban J connectivity index is 1.55. The summed E-state index contributed by atoms with van der Waals surface area (Å²) in [5, 5.41) is 11.4. The van der Waals surface area contributed by atoms with E-state index in [1.807, 2.05) is 24.3 Å². The molecule has 1 N–H and O–H groups in total. The lowest BCUT2D eigenvalue weighted by molar-refractivity contribution is -0.164. The van der Waals surface area contributed by atoms with Gasteiger partial charge in [0.2, 0.25) is 5.60 Å². The van der Waals surface area contributed by atoms with Gasteiger partial charge in [-0.15, -0.1) is 0 Å². The second-order valence-electron chi connectivity index (χ2n) is 7.30. The van der Waals surface area contributed by atoms with Gasteiger partial charge in [-0.25, -0.2) is 4.79 Å². The number of carbonyl (C=O) groups excluding carboxylic acids is 2. The van der Waals surface area contributed by atoms with Gasteiger partial charge in [0.25, 0.3) is 5.91 Å². The molecule has 3 aromatic rings. The highest BCUT2D eigenvalue weighted by Gasteiger charge is 2.42. The number of aryl methyl sites for hydroxylation is 1. The number of benzene rings is 3. The standard InChI is InChI=1S/C25H23NO4/c27-23(26-17-9-11-19-10-7-8-16-22(19)26)18-30-24(28)25(29,20-12-3-1-4-13-20)21-14-5-2-6-15-21/h1-8,10,12-16,29H,9,11,17-18H2. The molecule has 1 heterocycles. The van der Waals surface area contributed by atoms with Crippen molar-refractivity contribution in [1.29, 1.82) is 0 Å². The Kier molecular flexibility index (Phi) is 5.63. The summed E-state index contributed by atoms with van der Waals surface area (Å²) in [5.74, 6) is -1.18. The fraction of sp³-hybridized carbons (Fsp3) is 0.200. The molecule has 0 fully saturated rings. The lowest BCUT2D eigenvalue weighted by Gasteiger charge is -2.30. The second-order valence-corrected chi connectivity index (χ2v) is 7.30. The monoisotopic (exact) mass is 401 g/mol. The Labute approximate surface area is 175 Å². The van der Waals surface area contributed by atoms with Gasteiger partial charge >= 0.3 is 5.97 Å². The summed E-state index contributed by atoms with van der Waals surface area (Å²) >= 11 is 0. The van der Waals surface area contributed by atoms with Crippen LogP contribution in [0.5, 0.6) is 0 Å². The number of nitrogens with zero attached hydrogens (tertiary/aromatic N) is 1. The molecule has 4 rings (SSSR count). The van der Waals surface area contributed by atoms with Gasteiger partial charge in [0.15, 0.2) is 6.61 Å². The highest BCUT2D eigenvalue weighted by Crippen LogP contribution is 2.31. The van der Waals surface area contributed by atoms with Crippen LogP contribution in [0.4, 0.5) is 5.69 Å². The third-order valence-electron chi connectivity index (χ3n) is 5.42. The maximum absolute atomic E-state index is 13.1. The third-order valence-corrected chi connectivity index (χ3v) is 5.42. The number of esters is 1. The number of amides is 1. The number of aliphatic hydroxyl groups is 1. The minimum absolute atomic E-state index is 0.307. The van der Waals surface area contributed by atoms with Crippen molar-refractivity contribution in [3.63, 3.8) is 0 Å². The molecule has 0 saturated heterocycles. The first-order valence-electron chi connectivity index (χ1n) is 9.99. The summed E-state index contributed by atoms with van der Waals surface area (Å²) in [6, 6.07) is 25.0. The van der Waals surface area contributed by atoms with Gasteiger partial charge in [0, 0.05) is 12.2 Å². The van der Waals surface area contributed by atoms with E-state index in [-0.39, 0.29) is 5.91 Å². The van der Waals surface area contributed by atoms with E-state index in [2.05, 4.69) is 0 Å². The predicted molar refractivity (Wildman–Crippen MR) is 114 cm³/mol. The van der Waals surface area contributed by atoms with Gasteiger partial charge in [-0.05, 0) is 35.6 Å². The molecule has 0 aromatic heterocycles. The van der Waals surface area contributed by atoms with E-state index >= 15 is 0 Å². The topological polar surface area (TPSA) is 66.8 Å². The van der Waals surface area contributed by atoms with E-state index in [0.717, 1.165) is 24.1 Å². The van der Waals surface area contributed by atoms with Crippen LogP contribution in [0.15, 0.2) is 84.9 Å². The number of hydrogen-bond donors (Lipinski definition) is 1. The lowest BCUT2D eigenvalue weighted by atomic mass is 9.86. The van der Waals surface area contributed by atoms with Crippen LogP contribution >= 0.6 is 0 Å². The third kappa shape index (κ3) is 3.72. The Morgan fingerprint density at radius 1 is 0.867 bits per heavy atom. The first-order valence-corrected chi connectivity index (χ1v) is 9.99. The number of rotatable bonds is 5. The van der Waals surface area contributed by atoms with E-state index in [9.17, 15) is 14.7 Å². The zero-order valence-electron chi connectivity index (χ0n) is 16.5. The molecule has 0 atom stereocenters. The molecule has 0 aliphatic carbocycles. The minimum Gasteiger partial charge on any atom is -0.453 e. The highest BCUT2D eigenvalue weighted by molar-refractivity contribution is 5.97. The van der Waals surface area contributed by atoms with Crippen molar-refractivity contribution in [3.8, 4) is 0 Å². The number of para-hydroxylation sites is 1. The van der Waals surface area contributed by atoms with Crippen LogP contribution in [0, 0.1) is 0 Å². The molecule has 1 amide bonds. The number of carbonyl (C=O) groups is 2. The SMILES string of the molecule is O=C(COC(=O)C(O)(c1ccccc1)c1ccccc1)N1CCCc2ccccc21. The van der Waals surface area contributed by atoms with Crippen LogP contribution in [-0.4, -0.2) is 30.1 Å². The quantitative estimate of drug-likeness (QED) is 0.665. The van der Waals surface area contributed by atoms with Crippen molar-refractivity contribution in [1.82, 2.24) is 0 Å². The van der Waals surface area contributed by atoms with Gasteiger partial charge in [-0.1, -0.05) is 78.9 Å². The number of fused-ring (bicyclic) bond motifs is 1. The normalized spacial score (nSPS) is 13.4. The van der Waals surface area contributed by atoms with Crippen molar-refractivity contribution in [2.45, 2.75) is 18.4 Å². The van der Waals surface area contributed by atoms with E-state index in [4.69, 9.17) is 4.74 Å². The average Bonchev–Trinajstić information content (AvgIpc) is 2.82. The van der Waals surface area contributed by atoms with Gasteiger partial charge in [-0.3, -0.25) is 4.79 Å². The van der Waals surface area contributed by atoms with E-state index in [1.165, 1.54) is 0 Å². The van der Waals surface area contributed by atoms with Crippen molar-refractivity contribution in [3.05, 3.63) is 102 Å². The zero-order valence-corrected chi connectivity index (χ0v) is 16.5. The zero-order chi connectivity index (χ0) is 21.0. The molecule has 0 radical (unpaired) electrons. The summed E-state index contributed by atoms with van der Waals surface area (Å²) < 4.78 is 5.37. The first-order chi connectivity index (χ1) is 14.6. The summed E-state index contributed by atoms with van der Waals surface area (Å²) in [6.45, 7) is 0.143. The number of hydrogen-bond acceptors (Lipinski definition) is 4. The van der Waals surface area contributed by atoms with Crippen molar-refractivity contribution in [2.75, 3.05) is 18.1 Å². The van der Waals surface area contributed by atoms with Crippen molar-refractivity contribution < 1.29 is 19.4 Å². The fourth-order valence-electron chi connectivity index (χ4n) is 3.86. The van der Waals surface area contributed by atoms with Gasteiger partial charge < -0.3 is 14.7 Å². The van der Waals surface area contributed by atoms with E-state index in [0.29, 0.717) is 17.7 Å². The maximum atomic E-state index is 13.1. The molecule has 3 aromatic carbocycles. The van der Waals surface area contributed by atoms with Crippen LogP contribution in [0.2, 0.25) is 0 Å². The summed E-state index contributed by atoms with van der Waals surface area (Å²) in [5.41, 5.74) is 0.733. The predicted octanol–water partition coefficient (Wildman–Crippen LogP) is 3.45.